The zero-order chi connectivity index (χ0) is 21.0. The summed E-state index contributed by atoms with van der Waals surface area (Å²) < 4.78 is 16.9. The Morgan fingerprint density at radius 1 is 1.03 bits per heavy atom. The van der Waals surface area contributed by atoms with Crippen LogP contribution in [0.2, 0.25) is 0 Å². The van der Waals surface area contributed by atoms with E-state index >= 15 is 0 Å². The second-order valence-corrected chi connectivity index (χ2v) is 7.79. The Kier molecular flexibility index (Phi) is 5.92. The van der Waals surface area contributed by atoms with Crippen molar-refractivity contribution in [1.82, 2.24) is 5.32 Å². The third kappa shape index (κ3) is 5.16. The molecule has 0 unspecified atom stereocenters. The van der Waals surface area contributed by atoms with Gasteiger partial charge in [-0.25, -0.2) is 4.79 Å². The highest BCUT2D eigenvalue weighted by Crippen LogP contribution is 2.28. The van der Waals surface area contributed by atoms with Crippen molar-refractivity contribution in [1.29, 1.82) is 0 Å². The number of furan rings is 1. The molecule has 1 N–H and O–H groups in total. The number of hydrogen-bond donors (Lipinski definition) is 1. The van der Waals surface area contributed by atoms with E-state index in [9.17, 15) is 9.59 Å². The zero-order valence-electron chi connectivity index (χ0n) is 17.0. The minimum atomic E-state index is -0.960. The first kappa shape index (κ1) is 20.5. The van der Waals surface area contributed by atoms with E-state index in [1.807, 2.05) is 69.3 Å². The van der Waals surface area contributed by atoms with Gasteiger partial charge in [-0.3, -0.25) is 4.79 Å². The largest absolute Gasteiger partial charge is 0.489 e. The molecular weight excluding hydrogens is 370 g/mol. The van der Waals surface area contributed by atoms with E-state index in [0.29, 0.717) is 16.9 Å². The summed E-state index contributed by atoms with van der Waals surface area (Å²) in [6.07, 6.45) is -0.960. The minimum Gasteiger partial charge on any atom is -0.489 e. The number of esters is 1. The molecule has 0 aliphatic heterocycles. The van der Waals surface area contributed by atoms with Crippen LogP contribution in [-0.4, -0.2) is 23.5 Å². The maximum absolute atomic E-state index is 12.8. The van der Waals surface area contributed by atoms with E-state index in [4.69, 9.17) is 13.9 Å². The molecule has 1 amide bonds. The van der Waals surface area contributed by atoms with Crippen LogP contribution in [0.15, 0.2) is 59.0 Å². The van der Waals surface area contributed by atoms with E-state index < -0.39 is 17.6 Å². The van der Waals surface area contributed by atoms with Gasteiger partial charge in [0.25, 0.3) is 5.91 Å². The first-order chi connectivity index (χ1) is 13.7. The number of benzene rings is 2. The third-order valence-corrected chi connectivity index (χ3v) is 4.16. The maximum atomic E-state index is 12.8. The maximum Gasteiger partial charge on any atom is 0.375 e. The summed E-state index contributed by atoms with van der Waals surface area (Å²) in [4.78, 5) is 25.0. The highest BCUT2D eigenvalue weighted by atomic mass is 16.6. The first-order valence-corrected chi connectivity index (χ1v) is 9.46. The molecule has 3 aromatic rings. The van der Waals surface area contributed by atoms with Crippen molar-refractivity contribution in [3.05, 3.63) is 65.9 Å². The molecule has 152 valence electrons. The Morgan fingerprint density at radius 2 is 1.69 bits per heavy atom. The van der Waals surface area contributed by atoms with Crippen molar-refractivity contribution in [3.63, 3.8) is 0 Å². The number of para-hydroxylation sites is 2. The summed E-state index contributed by atoms with van der Waals surface area (Å²) in [5.74, 6) is -0.360. The van der Waals surface area contributed by atoms with E-state index in [0.717, 1.165) is 5.39 Å². The second-order valence-electron chi connectivity index (χ2n) is 7.79. The van der Waals surface area contributed by atoms with Crippen molar-refractivity contribution >= 4 is 22.8 Å². The number of nitrogens with one attached hydrogen (secondary N) is 1. The van der Waals surface area contributed by atoms with Crippen LogP contribution in [0.3, 0.4) is 0 Å². The summed E-state index contributed by atoms with van der Waals surface area (Å²) >= 11 is 0. The molecule has 3 rings (SSSR count). The molecule has 0 aliphatic carbocycles. The Bertz CT molecular complexity index is 1000. The molecule has 0 spiro atoms. The van der Waals surface area contributed by atoms with Crippen molar-refractivity contribution < 1.29 is 23.5 Å². The lowest BCUT2D eigenvalue weighted by Gasteiger charge is -2.23. The Balaban J connectivity index is 1.82. The number of carbonyl (C=O) groups excluding carboxylic acids is 2. The van der Waals surface area contributed by atoms with Crippen LogP contribution in [0.5, 0.6) is 5.75 Å². The predicted molar refractivity (Wildman–Crippen MR) is 110 cm³/mol. The van der Waals surface area contributed by atoms with E-state index in [2.05, 4.69) is 5.32 Å². The fourth-order valence-electron chi connectivity index (χ4n) is 2.82. The average Bonchev–Trinajstić information content (AvgIpc) is 3.04. The molecule has 1 heterocycles. The molecule has 0 saturated heterocycles. The monoisotopic (exact) mass is 395 g/mol. The van der Waals surface area contributed by atoms with Gasteiger partial charge in [0.1, 0.15) is 17.9 Å². The van der Waals surface area contributed by atoms with Gasteiger partial charge in [0.05, 0.1) is 5.56 Å². The highest BCUT2D eigenvalue weighted by molar-refractivity contribution is 5.97. The molecule has 6 heteroatoms. The molecule has 1 aromatic heterocycles. The standard InChI is InChI=1S/C23H25NO5/c1-15(21(25)24-23(2,3)4)28-22(26)20-18(14-27-16-10-6-5-7-11-16)17-12-8-9-13-19(17)29-20/h5-13,15H,14H2,1-4H3,(H,24,25)/t15-/m0/s1. The molecule has 0 bridgehead atoms. The summed E-state index contributed by atoms with van der Waals surface area (Å²) in [5, 5.41) is 3.56. The summed E-state index contributed by atoms with van der Waals surface area (Å²) in [5.41, 5.74) is 0.710. The number of hydrogen-bond acceptors (Lipinski definition) is 5. The summed E-state index contributed by atoms with van der Waals surface area (Å²) in [6, 6.07) is 16.6. The average molecular weight is 395 g/mol. The SMILES string of the molecule is C[C@H](OC(=O)c1oc2ccccc2c1COc1ccccc1)C(=O)NC(C)(C)C. The number of amides is 1. The fourth-order valence-corrected chi connectivity index (χ4v) is 2.82. The van der Waals surface area contributed by atoms with Crippen LogP contribution in [0.4, 0.5) is 0 Å². The van der Waals surface area contributed by atoms with Gasteiger partial charge in [-0.15, -0.1) is 0 Å². The number of ether oxygens (including phenoxy) is 2. The number of rotatable bonds is 6. The molecule has 0 saturated carbocycles. The first-order valence-electron chi connectivity index (χ1n) is 9.46. The van der Waals surface area contributed by atoms with Crippen molar-refractivity contribution in [3.8, 4) is 5.75 Å². The zero-order valence-corrected chi connectivity index (χ0v) is 17.0. The summed E-state index contributed by atoms with van der Waals surface area (Å²) in [6.45, 7) is 7.24. The predicted octanol–water partition coefficient (Wildman–Crippen LogP) is 4.47. The minimum absolute atomic E-state index is 0.0394. The molecule has 0 fully saturated rings. The molecule has 6 nitrogen and oxygen atoms in total. The van der Waals surface area contributed by atoms with Crippen LogP contribution in [0.25, 0.3) is 11.0 Å². The molecule has 0 radical (unpaired) electrons. The third-order valence-electron chi connectivity index (χ3n) is 4.16. The van der Waals surface area contributed by atoms with Gasteiger partial charge < -0.3 is 19.2 Å². The normalized spacial score (nSPS) is 12.4. The number of fused-ring (bicyclic) bond motifs is 1. The van der Waals surface area contributed by atoms with Gasteiger partial charge >= 0.3 is 5.97 Å². The lowest BCUT2D eigenvalue weighted by atomic mass is 10.1. The highest BCUT2D eigenvalue weighted by Gasteiger charge is 2.27. The van der Waals surface area contributed by atoms with Gasteiger partial charge in [0, 0.05) is 10.9 Å². The molecule has 29 heavy (non-hydrogen) atoms. The molecule has 2 aromatic carbocycles. The van der Waals surface area contributed by atoms with Crippen molar-refractivity contribution in [2.24, 2.45) is 0 Å². The lowest BCUT2D eigenvalue weighted by Crippen LogP contribution is -2.46. The Labute approximate surface area is 169 Å². The van der Waals surface area contributed by atoms with Gasteiger partial charge in [0.2, 0.25) is 5.76 Å². The quantitative estimate of drug-likeness (QED) is 0.623. The Hall–Kier alpha value is -3.28. The van der Waals surface area contributed by atoms with Crippen molar-refractivity contribution in [2.75, 3.05) is 0 Å². The van der Waals surface area contributed by atoms with Crippen LogP contribution in [0, 0.1) is 0 Å². The molecule has 1 atom stereocenters. The van der Waals surface area contributed by atoms with Crippen LogP contribution in [0.1, 0.15) is 43.8 Å². The molecular formula is C23H25NO5. The fraction of sp³-hybridized carbons (Fsp3) is 0.304. The van der Waals surface area contributed by atoms with Crippen LogP contribution in [-0.2, 0) is 16.1 Å². The Morgan fingerprint density at radius 3 is 2.38 bits per heavy atom. The van der Waals surface area contributed by atoms with Crippen molar-refractivity contribution in [2.45, 2.75) is 45.9 Å². The van der Waals surface area contributed by atoms with E-state index in [1.54, 1.807) is 6.07 Å². The number of carbonyl (C=O) groups is 2. The van der Waals surface area contributed by atoms with Gasteiger partial charge in [0.15, 0.2) is 6.10 Å². The van der Waals surface area contributed by atoms with E-state index in [-0.39, 0.29) is 18.3 Å². The lowest BCUT2D eigenvalue weighted by molar-refractivity contribution is -0.130. The summed E-state index contributed by atoms with van der Waals surface area (Å²) in [7, 11) is 0. The van der Waals surface area contributed by atoms with Crippen LogP contribution < -0.4 is 10.1 Å². The molecule has 0 aliphatic rings. The van der Waals surface area contributed by atoms with Gasteiger partial charge in [-0.2, -0.15) is 0 Å². The van der Waals surface area contributed by atoms with Gasteiger partial charge in [-0.1, -0.05) is 36.4 Å². The smallest absolute Gasteiger partial charge is 0.375 e. The topological polar surface area (TPSA) is 77.8 Å². The van der Waals surface area contributed by atoms with E-state index in [1.165, 1.54) is 6.92 Å². The van der Waals surface area contributed by atoms with Gasteiger partial charge in [-0.05, 0) is 45.9 Å². The van der Waals surface area contributed by atoms with Crippen LogP contribution >= 0.6 is 0 Å². The second kappa shape index (κ2) is 8.39.